The van der Waals surface area contributed by atoms with Crippen molar-refractivity contribution in [2.24, 2.45) is 5.92 Å². The van der Waals surface area contributed by atoms with Crippen molar-refractivity contribution in [1.29, 1.82) is 0 Å². The van der Waals surface area contributed by atoms with Crippen LogP contribution >= 0.6 is 0 Å². The number of anilines is 1. The third kappa shape index (κ3) is 3.49. The highest BCUT2D eigenvalue weighted by atomic mass is 15.1. The summed E-state index contributed by atoms with van der Waals surface area (Å²) in [6, 6.07) is 9.38. The first kappa shape index (κ1) is 13.4. The molecule has 18 heavy (non-hydrogen) atoms. The van der Waals surface area contributed by atoms with E-state index in [1.807, 2.05) is 0 Å². The lowest BCUT2D eigenvalue weighted by Gasteiger charge is -2.31. The zero-order valence-electron chi connectivity index (χ0n) is 11.9. The summed E-state index contributed by atoms with van der Waals surface area (Å²) in [4.78, 5) is 2.23. The largest absolute Gasteiger partial charge is 0.382 e. The Kier molecular flexibility index (Phi) is 4.65. The summed E-state index contributed by atoms with van der Waals surface area (Å²) in [5.74, 6) is 0.797. The van der Waals surface area contributed by atoms with Crippen molar-refractivity contribution in [1.82, 2.24) is 4.90 Å². The molecule has 0 aliphatic heterocycles. The fraction of sp³-hybridized carbons (Fsp3) is 0.625. The van der Waals surface area contributed by atoms with Crippen LogP contribution in [0, 0.1) is 5.92 Å². The molecule has 2 heteroatoms. The molecule has 1 aromatic carbocycles. The zero-order chi connectivity index (χ0) is 13.0. The first-order valence-corrected chi connectivity index (χ1v) is 7.16. The number of benzene rings is 1. The van der Waals surface area contributed by atoms with E-state index in [0.29, 0.717) is 6.04 Å². The molecule has 1 aromatic rings. The minimum absolute atomic E-state index is 0.655. The maximum Gasteiger partial charge on any atom is 0.0388 e. The van der Waals surface area contributed by atoms with Crippen LogP contribution in [0.3, 0.4) is 0 Å². The smallest absolute Gasteiger partial charge is 0.0388 e. The van der Waals surface area contributed by atoms with Crippen molar-refractivity contribution in [3.05, 3.63) is 29.8 Å². The van der Waals surface area contributed by atoms with E-state index in [1.54, 1.807) is 0 Å². The Balaban J connectivity index is 2.07. The summed E-state index contributed by atoms with van der Waals surface area (Å²) >= 11 is 0. The van der Waals surface area contributed by atoms with Crippen LogP contribution in [-0.4, -0.2) is 25.0 Å². The molecule has 0 aromatic heterocycles. The molecule has 0 bridgehead atoms. The molecule has 0 saturated heterocycles. The average molecular weight is 246 g/mol. The van der Waals surface area contributed by atoms with Gasteiger partial charge in [0.2, 0.25) is 0 Å². The van der Waals surface area contributed by atoms with Crippen LogP contribution < -0.4 is 5.32 Å². The molecule has 2 atom stereocenters. The topological polar surface area (TPSA) is 15.3 Å². The Morgan fingerprint density at radius 1 is 1.17 bits per heavy atom. The van der Waals surface area contributed by atoms with E-state index in [4.69, 9.17) is 0 Å². The van der Waals surface area contributed by atoms with E-state index in [9.17, 15) is 0 Å². The number of nitrogens with one attached hydrogen (secondary N) is 1. The van der Waals surface area contributed by atoms with E-state index in [0.717, 1.165) is 12.5 Å². The fourth-order valence-corrected chi connectivity index (χ4v) is 2.87. The molecule has 2 nitrogen and oxygen atoms in total. The van der Waals surface area contributed by atoms with Gasteiger partial charge < -0.3 is 10.2 Å². The minimum atomic E-state index is 0.655. The number of hydrogen-bond acceptors (Lipinski definition) is 2. The number of rotatable bonds is 4. The van der Waals surface area contributed by atoms with Crippen molar-refractivity contribution in [2.45, 2.75) is 45.2 Å². The van der Waals surface area contributed by atoms with Gasteiger partial charge in [0.05, 0.1) is 0 Å². The maximum absolute atomic E-state index is 3.78. The van der Waals surface area contributed by atoms with Crippen LogP contribution in [0.25, 0.3) is 0 Å². The number of para-hydroxylation sites is 1. The van der Waals surface area contributed by atoms with Gasteiger partial charge in [-0.25, -0.2) is 0 Å². The third-order valence-electron chi connectivity index (χ3n) is 3.96. The first-order valence-electron chi connectivity index (χ1n) is 7.16. The SMILES string of the molecule is CC1CCCCC1Nc1ccccc1CN(C)C. The summed E-state index contributed by atoms with van der Waals surface area (Å²) < 4.78 is 0. The van der Waals surface area contributed by atoms with Crippen LogP contribution in [-0.2, 0) is 6.54 Å². The molecule has 1 fully saturated rings. The van der Waals surface area contributed by atoms with Gasteiger partial charge in [0.1, 0.15) is 0 Å². The van der Waals surface area contributed by atoms with E-state index in [1.165, 1.54) is 36.9 Å². The standard InChI is InChI=1S/C16H26N2/c1-13-8-4-6-10-15(13)17-16-11-7-5-9-14(16)12-18(2)3/h5,7,9,11,13,15,17H,4,6,8,10,12H2,1-3H3. The number of hydrogen-bond donors (Lipinski definition) is 1. The predicted octanol–water partition coefficient (Wildman–Crippen LogP) is 3.74. The Morgan fingerprint density at radius 3 is 2.61 bits per heavy atom. The van der Waals surface area contributed by atoms with Crippen molar-refractivity contribution in [2.75, 3.05) is 19.4 Å². The average Bonchev–Trinajstić information content (AvgIpc) is 2.34. The molecule has 1 aliphatic rings. The first-order chi connectivity index (χ1) is 8.66. The molecule has 1 N–H and O–H groups in total. The van der Waals surface area contributed by atoms with Gasteiger partial charge in [-0.05, 0) is 44.5 Å². The monoisotopic (exact) mass is 246 g/mol. The molecule has 0 radical (unpaired) electrons. The zero-order valence-corrected chi connectivity index (χ0v) is 11.9. The Labute approximate surface area is 111 Å². The van der Waals surface area contributed by atoms with Crippen LogP contribution in [0.2, 0.25) is 0 Å². The second-order valence-corrected chi connectivity index (χ2v) is 5.91. The molecular formula is C16H26N2. The lowest BCUT2D eigenvalue weighted by atomic mass is 9.85. The van der Waals surface area contributed by atoms with Crippen LogP contribution in [0.15, 0.2) is 24.3 Å². The molecular weight excluding hydrogens is 220 g/mol. The summed E-state index contributed by atoms with van der Waals surface area (Å²) in [5, 5.41) is 3.78. The number of nitrogens with zero attached hydrogens (tertiary/aromatic N) is 1. The second kappa shape index (κ2) is 6.24. The summed E-state index contributed by atoms with van der Waals surface area (Å²) in [6.07, 6.45) is 5.46. The lowest BCUT2D eigenvalue weighted by molar-refractivity contribution is 0.348. The third-order valence-corrected chi connectivity index (χ3v) is 3.96. The Morgan fingerprint density at radius 2 is 1.89 bits per heavy atom. The molecule has 0 spiro atoms. The quantitative estimate of drug-likeness (QED) is 0.870. The highest BCUT2D eigenvalue weighted by molar-refractivity contribution is 5.51. The van der Waals surface area contributed by atoms with Crippen molar-refractivity contribution in [3.8, 4) is 0 Å². The van der Waals surface area contributed by atoms with Crippen LogP contribution in [0.5, 0.6) is 0 Å². The van der Waals surface area contributed by atoms with Gasteiger partial charge in [0, 0.05) is 18.3 Å². The lowest BCUT2D eigenvalue weighted by Crippen LogP contribution is -2.30. The molecule has 1 aliphatic carbocycles. The Hall–Kier alpha value is -1.02. The second-order valence-electron chi connectivity index (χ2n) is 5.91. The van der Waals surface area contributed by atoms with Crippen LogP contribution in [0.4, 0.5) is 5.69 Å². The van der Waals surface area contributed by atoms with Gasteiger partial charge in [0.15, 0.2) is 0 Å². The molecule has 2 unspecified atom stereocenters. The molecule has 1 saturated carbocycles. The van der Waals surface area contributed by atoms with Crippen molar-refractivity contribution >= 4 is 5.69 Å². The summed E-state index contributed by atoms with van der Waals surface area (Å²) in [6.45, 7) is 3.38. The minimum Gasteiger partial charge on any atom is -0.382 e. The van der Waals surface area contributed by atoms with Crippen LogP contribution in [0.1, 0.15) is 38.2 Å². The van der Waals surface area contributed by atoms with Gasteiger partial charge >= 0.3 is 0 Å². The fourth-order valence-electron chi connectivity index (χ4n) is 2.87. The van der Waals surface area contributed by atoms with Gasteiger partial charge in [-0.2, -0.15) is 0 Å². The normalized spacial score (nSPS) is 24.2. The highest BCUT2D eigenvalue weighted by Gasteiger charge is 2.21. The summed E-state index contributed by atoms with van der Waals surface area (Å²) in [5.41, 5.74) is 2.73. The van der Waals surface area contributed by atoms with Crippen molar-refractivity contribution < 1.29 is 0 Å². The highest BCUT2D eigenvalue weighted by Crippen LogP contribution is 2.28. The van der Waals surface area contributed by atoms with E-state index in [-0.39, 0.29) is 0 Å². The maximum atomic E-state index is 3.78. The van der Waals surface area contributed by atoms with Gasteiger partial charge in [0.25, 0.3) is 0 Å². The summed E-state index contributed by atoms with van der Waals surface area (Å²) in [7, 11) is 4.25. The molecule has 0 amide bonds. The van der Waals surface area contributed by atoms with E-state index in [2.05, 4.69) is 55.5 Å². The van der Waals surface area contributed by atoms with Gasteiger partial charge in [-0.1, -0.05) is 38.0 Å². The van der Waals surface area contributed by atoms with E-state index < -0.39 is 0 Å². The molecule has 2 rings (SSSR count). The van der Waals surface area contributed by atoms with Gasteiger partial charge in [-0.3, -0.25) is 0 Å². The predicted molar refractivity (Wildman–Crippen MR) is 78.9 cm³/mol. The van der Waals surface area contributed by atoms with Crippen molar-refractivity contribution in [3.63, 3.8) is 0 Å². The molecule has 100 valence electrons. The molecule has 0 heterocycles. The van der Waals surface area contributed by atoms with Gasteiger partial charge in [-0.15, -0.1) is 0 Å². The van der Waals surface area contributed by atoms with E-state index >= 15 is 0 Å². The Bertz CT molecular complexity index is 373.